The number of aliphatic hydroxyl groups is 1. The molecule has 0 aliphatic rings. The first-order valence-electron chi connectivity index (χ1n) is 8.53. The van der Waals surface area contributed by atoms with Crippen LogP contribution in [-0.4, -0.2) is 37.6 Å². The van der Waals surface area contributed by atoms with Gasteiger partial charge in [-0.15, -0.1) is 15.3 Å². The minimum Gasteiger partial charge on any atom is -0.391 e. The molecule has 130 valence electrons. The van der Waals surface area contributed by atoms with E-state index in [1.807, 2.05) is 72.8 Å². The van der Waals surface area contributed by atoms with E-state index < -0.39 is 6.10 Å². The van der Waals surface area contributed by atoms with Crippen molar-refractivity contribution in [1.82, 2.24) is 19.8 Å². The quantitative estimate of drug-likeness (QED) is 0.562. The maximum atomic E-state index is 10.2. The summed E-state index contributed by atoms with van der Waals surface area (Å²) < 4.78 is 1.71. The van der Waals surface area contributed by atoms with Gasteiger partial charge in [-0.3, -0.25) is 0 Å². The minimum atomic E-state index is -0.496. The van der Waals surface area contributed by atoms with Crippen LogP contribution in [0.25, 0.3) is 17.0 Å². The van der Waals surface area contributed by atoms with E-state index in [4.69, 9.17) is 0 Å². The van der Waals surface area contributed by atoms with E-state index in [2.05, 4.69) is 20.6 Å². The molecular formula is C20H19N5O. The Bertz CT molecular complexity index is 985. The second kappa shape index (κ2) is 7.33. The van der Waals surface area contributed by atoms with Gasteiger partial charge in [0.05, 0.1) is 6.10 Å². The number of nitrogens with zero attached hydrogens (tertiary/aromatic N) is 4. The van der Waals surface area contributed by atoms with Crippen molar-refractivity contribution in [1.29, 1.82) is 0 Å². The lowest BCUT2D eigenvalue weighted by molar-refractivity contribution is 0.188. The predicted molar refractivity (Wildman–Crippen MR) is 101 cm³/mol. The van der Waals surface area contributed by atoms with Crippen LogP contribution >= 0.6 is 0 Å². The molecule has 2 aromatic heterocycles. The Kier molecular flexibility index (Phi) is 4.57. The predicted octanol–water partition coefficient (Wildman–Crippen LogP) is 2.81. The van der Waals surface area contributed by atoms with E-state index >= 15 is 0 Å². The first kappa shape index (κ1) is 16.2. The summed E-state index contributed by atoms with van der Waals surface area (Å²) in [7, 11) is 0. The second-order valence-corrected chi connectivity index (χ2v) is 6.10. The maximum Gasteiger partial charge on any atom is 0.185 e. The van der Waals surface area contributed by atoms with Gasteiger partial charge >= 0.3 is 0 Å². The van der Waals surface area contributed by atoms with E-state index in [9.17, 15) is 5.11 Å². The zero-order valence-electron chi connectivity index (χ0n) is 14.2. The fourth-order valence-electron chi connectivity index (χ4n) is 2.83. The van der Waals surface area contributed by atoms with Gasteiger partial charge in [-0.05, 0) is 17.7 Å². The molecule has 0 amide bonds. The van der Waals surface area contributed by atoms with E-state index in [1.165, 1.54) is 0 Å². The third kappa shape index (κ3) is 3.55. The number of aliphatic hydroxyl groups excluding tert-OH is 1. The number of hydrogen-bond donors (Lipinski definition) is 2. The fourth-order valence-corrected chi connectivity index (χ4v) is 2.83. The molecule has 6 heteroatoms. The highest BCUT2D eigenvalue weighted by atomic mass is 16.3. The van der Waals surface area contributed by atoms with Crippen LogP contribution in [0.15, 0.2) is 72.8 Å². The van der Waals surface area contributed by atoms with Crippen LogP contribution in [0.1, 0.15) is 5.56 Å². The summed E-state index contributed by atoms with van der Waals surface area (Å²) in [6.07, 6.45) is 0.0993. The van der Waals surface area contributed by atoms with E-state index in [-0.39, 0.29) is 0 Å². The number of rotatable bonds is 6. The Labute approximate surface area is 151 Å². The summed E-state index contributed by atoms with van der Waals surface area (Å²) in [6, 6.07) is 23.5. The molecular weight excluding hydrogens is 326 g/mol. The first-order valence-corrected chi connectivity index (χ1v) is 8.53. The summed E-state index contributed by atoms with van der Waals surface area (Å²) in [4.78, 5) is 0. The minimum absolute atomic E-state index is 0.413. The largest absolute Gasteiger partial charge is 0.391 e. The van der Waals surface area contributed by atoms with Crippen LogP contribution in [0.3, 0.4) is 0 Å². The molecule has 1 unspecified atom stereocenters. The molecule has 0 spiro atoms. The normalized spacial score (nSPS) is 12.2. The SMILES string of the molecule is OC(CNc1ccc2nnc(-c3ccccc3)n2n1)Cc1ccccc1. The van der Waals surface area contributed by atoms with E-state index in [1.54, 1.807) is 4.52 Å². The third-order valence-corrected chi connectivity index (χ3v) is 4.13. The highest BCUT2D eigenvalue weighted by Gasteiger charge is 2.10. The molecule has 0 aliphatic heterocycles. The summed E-state index contributed by atoms with van der Waals surface area (Å²) in [5, 5.41) is 26.4. The number of hydrogen-bond acceptors (Lipinski definition) is 5. The molecule has 0 aliphatic carbocycles. The van der Waals surface area contributed by atoms with Crippen LogP contribution in [0.5, 0.6) is 0 Å². The van der Waals surface area contributed by atoms with Crippen molar-refractivity contribution in [2.24, 2.45) is 0 Å². The summed E-state index contributed by atoms with van der Waals surface area (Å²) in [5.41, 5.74) is 2.74. The zero-order chi connectivity index (χ0) is 17.8. The standard InChI is InChI=1S/C20H19N5O/c26-17(13-15-7-3-1-4-8-15)14-21-18-11-12-19-22-23-20(25(19)24-18)16-9-5-2-6-10-16/h1-12,17,26H,13-14H2,(H,21,24). The summed E-state index contributed by atoms with van der Waals surface area (Å²) in [5.74, 6) is 1.36. The Morgan fingerprint density at radius 1 is 0.885 bits per heavy atom. The molecule has 1 atom stereocenters. The molecule has 4 aromatic rings. The molecule has 2 N–H and O–H groups in total. The molecule has 6 nitrogen and oxygen atoms in total. The third-order valence-electron chi connectivity index (χ3n) is 4.13. The molecule has 0 saturated heterocycles. The van der Waals surface area contributed by atoms with Crippen molar-refractivity contribution < 1.29 is 5.11 Å². The van der Waals surface area contributed by atoms with Gasteiger partial charge in [0.1, 0.15) is 5.82 Å². The maximum absolute atomic E-state index is 10.2. The summed E-state index contributed by atoms with van der Waals surface area (Å²) in [6.45, 7) is 0.413. The first-order chi connectivity index (χ1) is 12.8. The highest BCUT2D eigenvalue weighted by Crippen LogP contribution is 2.18. The lowest BCUT2D eigenvalue weighted by Gasteiger charge is -2.12. The lowest BCUT2D eigenvalue weighted by atomic mass is 10.1. The number of nitrogens with one attached hydrogen (secondary N) is 1. The van der Waals surface area contributed by atoms with Crippen molar-refractivity contribution in [2.45, 2.75) is 12.5 Å². The van der Waals surface area contributed by atoms with E-state index in [0.29, 0.717) is 30.3 Å². The van der Waals surface area contributed by atoms with Crippen molar-refractivity contribution in [3.8, 4) is 11.4 Å². The van der Waals surface area contributed by atoms with Crippen molar-refractivity contribution in [3.05, 3.63) is 78.4 Å². The van der Waals surface area contributed by atoms with Gasteiger partial charge in [0.15, 0.2) is 11.5 Å². The Balaban J connectivity index is 1.49. The monoisotopic (exact) mass is 345 g/mol. The topological polar surface area (TPSA) is 75.3 Å². The van der Waals surface area contributed by atoms with Crippen molar-refractivity contribution >= 4 is 11.5 Å². The molecule has 4 rings (SSSR count). The summed E-state index contributed by atoms with van der Waals surface area (Å²) >= 11 is 0. The van der Waals surface area contributed by atoms with E-state index in [0.717, 1.165) is 11.1 Å². The number of fused-ring (bicyclic) bond motifs is 1. The average Bonchev–Trinajstić information content (AvgIpc) is 3.11. The van der Waals surface area contributed by atoms with Crippen LogP contribution in [0.4, 0.5) is 5.82 Å². The zero-order valence-corrected chi connectivity index (χ0v) is 14.2. The van der Waals surface area contributed by atoms with Crippen molar-refractivity contribution in [2.75, 3.05) is 11.9 Å². The second-order valence-electron chi connectivity index (χ2n) is 6.10. The van der Waals surface area contributed by atoms with Gasteiger partial charge in [-0.1, -0.05) is 60.7 Å². The number of anilines is 1. The molecule has 2 aromatic carbocycles. The number of benzene rings is 2. The fraction of sp³-hybridized carbons (Fsp3) is 0.150. The van der Waals surface area contributed by atoms with Gasteiger partial charge < -0.3 is 10.4 Å². The average molecular weight is 345 g/mol. The highest BCUT2D eigenvalue weighted by molar-refractivity contribution is 5.59. The van der Waals surface area contributed by atoms with Gasteiger partial charge in [0.25, 0.3) is 0 Å². The molecule has 0 radical (unpaired) electrons. The van der Waals surface area contributed by atoms with Gasteiger partial charge in [-0.25, -0.2) is 0 Å². The molecule has 2 heterocycles. The number of aromatic nitrogens is 4. The van der Waals surface area contributed by atoms with Crippen LogP contribution in [0.2, 0.25) is 0 Å². The molecule has 0 fully saturated rings. The Morgan fingerprint density at radius 3 is 2.38 bits per heavy atom. The Morgan fingerprint density at radius 2 is 1.62 bits per heavy atom. The van der Waals surface area contributed by atoms with Crippen LogP contribution in [0, 0.1) is 0 Å². The molecule has 0 saturated carbocycles. The molecule has 0 bridgehead atoms. The van der Waals surface area contributed by atoms with Crippen LogP contribution in [-0.2, 0) is 6.42 Å². The van der Waals surface area contributed by atoms with Gasteiger partial charge in [0.2, 0.25) is 0 Å². The van der Waals surface area contributed by atoms with Gasteiger partial charge in [0, 0.05) is 18.5 Å². The van der Waals surface area contributed by atoms with Crippen molar-refractivity contribution in [3.63, 3.8) is 0 Å². The lowest BCUT2D eigenvalue weighted by Crippen LogP contribution is -2.22. The molecule has 26 heavy (non-hydrogen) atoms. The Hall–Kier alpha value is -3.25. The van der Waals surface area contributed by atoms with Crippen LogP contribution < -0.4 is 5.32 Å². The van der Waals surface area contributed by atoms with Gasteiger partial charge in [-0.2, -0.15) is 4.52 Å². The smallest absolute Gasteiger partial charge is 0.185 e.